The van der Waals surface area contributed by atoms with Crippen molar-refractivity contribution >= 4 is 11.9 Å². The summed E-state index contributed by atoms with van der Waals surface area (Å²) in [6.07, 6.45) is 1.78. The van der Waals surface area contributed by atoms with Crippen LogP contribution < -0.4 is 5.73 Å². The number of carbonyl (C=O) groups is 2. The zero-order chi connectivity index (χ0) is 15.4. The van der Waals surface area contributed by atoms with Crippen molar-refractivity contribution in [1.82, 2.24) is 4.90 Å². The predicted octanol–water partition coefficient (Wildman–Crippen LogP) is 1.61. The standard InChI is InChI=1S/C15H19FN2O3/c16-13-2-1-11(15(17)21)8-12(13)9-18-5-3-10(4-6-18)7-14(19)20/h1-2,8,10H,3-7,9H2,(H2,17,21)(H,19,20). The quantitative estimate of drug-likeness (QED) is 0.864. The zero-order valence-electron chi connectivity index (χ0n) is 11.7. The van der Waals surface area contributed by atoms with Gasteiger partial charge in [-0.1, -0.05) is 0 Å². The largest absolute Gasteiger partial charge is 0.481 e. The van der Waals surface area contributed by atoms with Gasteiger partial charge >= 0.3 is 5.97 Å². The highest BCUT2D eigenvalue weighted by Crippen LogP contribution is 2.22. The summed E-state index contributed by atoms with van der Waals surface area (Å²) in [7, 11) is 0. The molecular weight excluding hydrogens is 275 g/mol. The smallest absolute Gasteiger partial charge is 0.303 e. The number of hydrogen-bond donors (Lipinski definition) is 2. The molecule has 1 aromatic rings. The number of benzene rings is 1. The molecule has 0 atom stereocenters. The highest BCUT2D eigenvalue weighted by Gasteiger charge is 2.22. The fourth-order valence-corrected chi connectivity index (χ4v) is 2.69. The van der Waals surface area contributed by atoms with Gasteiger partial charge in [0.15, 0.2) is 0 Å². The number of amides is 1. The third-order valence-electron chi connectivity index (χ3n) is 3.89. The molecule has 1 heterocycles. The van der Waals surface area contributed by atoms with E-state index in [1.54, 1.807) is 0 Å². The Bertz CT molecular complexity index is 540. The Balaban J connectivity index is 1.95. The molecule has 6 heteroatoms. The first-order chi connectivity index (χ1) is 9.95. The minimum absolute atomic E-state index is 0.194. The monoisotopic (exact) mass is 294 g/mol. The Morgan fingerprint density at radius 3 is 2.57 bits per heavy atom. The summed E-state index contributed by atoms with van der Waals surface area (Å²) in [6, 6.07) is 4.12. The maximum Gasteiger partial charge on any atom is 0.303 e. The van der Waals surface area contributed by atoms with Gasteiger partial charge < -0.3 is 10.8 Å². The number of likely N-dealkylation sites (tertiary alicyclic amines) is 1. The molecule has 2 rings (SSSR count). The fourth-order valence-electron chi connectivity index (χ4n) is 2.69. The maximum absolute atomic E-state index is 13.8. The van der Waals surface area contributed by atoms with Crippen LogP contribution in [-0.2, 0) is 11.3 Å². The lowest BCUT2D eigenvalue weighted by Crippen LogP contribution is -2.34. The van der Waals surface area contributed by atoms with Crippen LogP contribution >= 0.6 is 0 Å². The van der Waals surface area contributed by atoms with Crippen LogP contribution in [0.3, 0.4) is 0 Å². The Morgan fingerprint density at radius 1 is 1.33 bits per heavy atom. The predicted molar refractivity (Wildman–Crippen MR) is 75.2 cm³/mol. The number of halogens is 1. The highest BCUT2D eigenvalue weighted by molar-refractivity contribution is 5.92. The van der Waals surface area contributed by atoms with Gasteiger partial charge in [-0.05, 0) is 50.0 Å². The molecule has 1 fully saturated rings. The molecule has 5 nitrogen and oxygen atoms in total. The number of rotatable bonds is 5. The number of hydrogen-bond acceptors (Lipinski definition) is 3. The number of carboxylic acid groups (broad SMARTS) is 1. The average molecular weight is 294 g/mol. The zero-order valence-corrected chi connectivity index (χ0v) is 11.7. The molecule has 1 saturated heterocycles. The summed E-state index contributed by atoms with van der Waals surface area (Å²) in [6.45, 7) is 1.88. The van der Waals surface area contributed by atoms with E-state index >= 15 is 0 Å². The second-order valence-electron chi connectivity index (χ2n) is 5.49. The van der Waals surface area contributed by atoms with Crippen molar-refractivity contribution in [3.8, 4) is 0 Å². The summed E-state index contributed by atoms with van der Waals surface area (Å²) in [5.74, 6) is -1.50. The van der Waals surface area contributed by atoms with Crippen molar-refractivity contribution in [1.29, 1.82) is 0 Å². The number of piperidine rings is 1. The second kappa shape index (κ2) is 6.67. The van der Waals surface area contributed by atoms with E-state index in [9.17, 15) is 14.0 Å². The SMILES string of the molecule is NC(=O)c1ccc(F)c(CN2CCC(CC(=O)O)CC2)c1. The molecule has 114 valence electrons. The molecule has 0 aromatic heterocycles. The van der Waals surface area contributed by atoms with Crippen LogP contribution in [0.4, 0.5) is 4.39 Å². The molecule has 21 heavy (non-hydrogen) atoms. The van der Waals surface area contributed by atoms with E-state index in [0.717, 1.165) is 25.9 Å². The maximum atomic E-state index is 13.8. The van der Waals surface area contributed by atoms with Crippen molar-refractivity contribution in [3.63, 3.8) is 0 Å². The van der Waals surface area contributed by atoms with Crippen molar-refractivity contribution < 1.29 is 19.1 Å². The summed E-state index contributed by atoms with van der Waals surface area (Å²) < 4.78 is 13.8. The molecule has 1 aliphatic rings. The normalized spacial score (nSPS) is 16.8. The van der Waals surface area contributed by atoms with Gasteiger partial charge in [0, 0.05) is 24.1 Å². The topological polar surface area (TPSA) is 83.6 Å². The van der Waals surface area contributed by atoms with Gasteiger partial charge in [-0.25, -0.2) is 4.39 Å². The lowest BCUT2D eigenvalue weighted by molar-refractivity contribution is -0.138. The van der Waals surface area contributed by atoms with Crippen molar-refractivity contribution in [2.45, 2.75) is 25.8 Å². The van der Waals surface area contributed by atoms with Crippen molar-refractivity contribution in [2.24, 2.45) is 11.7 Å². The van der Waals surface area contributed by atoms with Crippen LogP contribution in [0.25, 0.3) is 0 Å². The summed E-state index contributed by atoms with van der Waals surface area (Å²) in [5.41, 5.74) is 5.95. The fraction of sp³-hybridized carbons (Fsp3) is 0.467. The van der Waals surface area contributed by atoms with E-state index in [-0.39, 0.29) is 18.2 Å². The van der Waals surface area contributed by atoms with Crippen LogP contribution in [0.2, 0.25) is 0 Å². The van der Waals surface area contributed by atoms with Gasteiger partial charge in [0.25, 0.3) is 0 Å². The average Bonchev–Trinajstić information content (AvgIpc) is 2.42. The Morgan fingerprint density at radius 2 is 2.00 bits per heavy atom. The number of primary amides is 1. The third kappa shape index (κ3) is 4.26. The number of nitrogens with two attached hydrogens (primary N) is 1. The number of aliphatic carboxylic acids is 1. The summed E-state index contributed by atoms with van der Waals surface area (Å²) >= 11 is 0. The number of carbonyl (C=O) groups excluding carboxylic acids is 1. The first-order valence-corrected chi connectivity index (χ1v) is 6.98. The molecule has 0 unspecified atom stereocenters. The molecule has 1 aromatic carbocycles. The molecule has 1 amide bonds. The summed E-state index contributed by atoms with van der Waals surface area (Å²) in [5, 5.41) is 8.78. The van der Waals surface area contributed by atoms with Crippen molar-refractivity contribution in [3.05, 3.63) is 35.1 Å². The third-order valence-corrected chi connectivity index (χ3v) is 3.89. The first kappa shape index (κ1) is 15.4. The lowest BCUT2D eigenvalue weighted by atomic mass is 9.93. The number of carboxylic acids is 1. The lowest BCUT2D eigenvalue weighted by Gasteiger charge is -2.31. The summed E-state index contributed by atoms with van der Waals surface area (Å²) in [4.78, 5) is 23.9. The molecule has 0 saturated carbocycles. The minimum Gasteiger partial charge on any atom is -0.481 e. The van der Waals surface area contributed by atoms with E-state index in [4.69, 9.17) is 10.8 Å². The first-order valence-electron chi connectivity index (χ1n) is 6.98. The minimum atomic E-state index is -0.770. The second-order valence-corrected chi connectivity index (χ2v) is 5.49. The van der Waals surface area contributed by atoms with E-state index in [1.165, 1.54) is 18.2 Å². The Labute approximate surface area is 122 Å². The molecule has 3 N–H and O–H groups in total. The van der Waals surface area contributed by atoms with Crippen LogP contribution in [0.5, 0.6) is 0 Å². The number of nitrogens with zero attached hydrogens (tertiary/aromatic N) is 1. The Hall–Kier alpha value is -1.95. The highest BCUT2D eigenvalue weighted by atomic mass is 19.1. The molecule has 1 aliphatic heterocycles. The molecule has 0 bridgehead atoms. The molecule has 0 aliphatic carbocycles. The van der Waals surface area contributed by atoms with Crippen LogP contribution in [-0.4, -0.2) is 35.0 Å². The van der Waals surface area contributed by atoms with E-state index in [0.29, 0.717) is 17.7 Å². The molecule has 0 radical (unpaired) electrons. The van der Waals surface area contributed by atoms with E-state index < -0.39 is 11.9 Å². The van der Waals surface area contributed by atoms with Gasteiger partial charge in [0.05, 0.1) is 0 Å². The van der Waals surface area contributed by atoms with Crippen LogP contribution in [0.1, 0.15) is 35.2 Å². The van der Waals surface area contributed by atoms with Gasteiger partial charge in [-0.2, -0.15) is 0 Å². The van der Waals surface area contributed by atoms with Crippen LogP contribution in [0.15, 0.2) is 18.2 Å². The molecular formula is C15H19FN2O3. The van der Waals surface area contributed by atoms with Gasteiger partial charge in [0.1, 0.15) is 5.82 Å². The molecule has 0 spiro atoms. The van der Waals surface area contributed by atoms with E-state index in [2.05, 4.69) is 4.90 Å². The van der Waals surface area contributed by atoms with Gasteiger partial charge in [-0.15, -0.1) is 0 Å². The van der Waals surface area contributed by atoms with Gasteiger partial charge in [-0.3, -0.25) is 14.5 Å². The van der Waals surface area contributed by atoms with Gasteiger partial charge in [0.2, 0.25) is 5.91 Å². The van der Waals surface area contributed by atoms with Crippen molar-refractivity contribution in [2.75, 3.05) is 13.1 Å². The van der Waals surface area contributed by atoms with Crippen LogP contribution in [0, 0.1) is 11.7 Å². The Kier molecular flexibility index (Phi) is 4.90. The van der Waals surface area contributed by atoms with E-state index in [1.807, 2.05) is 0 Å².